The quantitative estimate of drug-likeness (QED) is 0.626. The Labute approximate surface area is 178 Å². The third-order valence-corrected chi connectivity index (χ3v) is 6.09. The molecule has 1 aromatic heterocycles. The highest BCUT2D eigenvalue weighted by atomic mass is 32.1. The molecular formula is C23H22N2O4S. The fraction of sp³-hybridized carbons (Fsp3) is 0.261. The maximum absolute atomic E-state index is 12.9. The van der Waals surface area contributed by atoms with Gasteiger partial charge in [0.1, 0.15) is 10.8 Å². The van der Waals surface area contributed by atoms with Crippen molar-refractivity contribution in [1.29, 1.82) is 0 Å². The van der Waals surface area contributed by atoms with Gasteiger partial charge in [0.25, 0.3) is 5.91 Å². The second kappa shape index (κ2) is 9.09. The number of hydrogen-bond acceptors (Lipinski definition) is 5. The van der Waals surface area contributed by atoms with Gasteiger partial charge in [-0.2, -0.15) is 0 Å². The summed E-state index contributed by atoms with van der Waals surface area (Å²) in [5.74, 6) is -0.336. The Hall–Kier alpha value is -3.19. The van der Waals surface area contributed by atoms with Crippen molar-refractivity contribution in [3.63, 3.8) is 0 Å². The lowest BCUT2D eigenvalue weighted by molar-refractivity contribution is -0.137. The average Bonchev–Trinajstić information content (AvgIpc) is 3.28. The Kier molecular flexibility index (Phi) is 6.09. The molecule has 2 aromatic carbocycles. The van der Waals surface area contributed by atoms with E-state index in [0.717, 1.165) is 35.5 Å². The maximum Gasteiger partial charge on any atom is 0.335 e. The number of likely N-dealkylation sites (tertiary alicyclic amines) is 1. The van der Waals surface area contributed by atoms with Crippen LogP contribution in [0, 0.1) is 0 Å². The Balaban J connectivity index is 1.50. The van der Waals surface area contributed by atoms with Crippen LogP contribution < -0.4 is 4.74 Å². The van der Waals surface area contributed by atoms with Crippen molar-refractivity contribution in [1.82, 2.24) is 9.88 Å². The number of carboxylic acids is 1. The predicted molar refractivity (Wildman–Crippen MR) is 115 cm³/mol. The molecule has 0 spiro atoms. The first-order valence-corrected chi connectivity index (χ1v) is 10.8. The molecule has 0 saturated carbocycles. The van der Waals surface area contributed by atoms with Gasteiger partial charge in [0.2, 0.25) is 0 Å². The maximum atomic E-state index is 12.9. The molecule has 2 heterocycles. The van der Waals surface area contributed by atoms with Crippen LogP contribution >= 0.6 is 11.3 Å². The van der Waals surface area contributed by atoms with Gasteiger partial charge in [0.05, 0.1) is 17.3 Å². The van der Waals surface area contributed by atoms with Gasteiger partial charge in [-0.25, -0.2) is 9.78 Å². The molecular weight excluding hydrogens is 400 g/mol. The number of aromatic nitrogens is 1. The Morgan fingerprint density at radius 2 is 1.97 bits per heavy atom. The van der Waals surface area contributed by atoms with Gasteiger partial charge in [-0.15, -0.1) is 11.3 Å². The lowest BCUT2D eigenvalue weighted by Gasteiger charge is -2.34. The molecule has 0 unspecified atom stereocenters. The minimum atomic E-state index is -0.963. The monoisotopic (exact) mass is 422 g/mol. The number of para-hydroxylation sites is 1. The molecule has 1 fully saturated rings. The lowest BCUT2D eigenvalue weighted by Crippen LogP contribution is -2.41. The van der Waals surface area contributed by atoms with E-state index < -0.39 is 5.97 Å². The van der Waals surface area contributed by atoms with Crippen molar-refractivity contribution in [2.45, 2.75) is 25.3 Å². The molecule has 1 aliphatic heterocycles. The predicted octanol–water partition coefficient (Wildman–Crippen LogP) is 4.64. The number of hydrogen-bond donors (Lipinski definition) is 1. The zero-order valence-electron chi connectivity index (χ0n) is 16.4. The van der Waals surface area contributed by atoms with E-state index in [9.17, 15) is 14.7 Å². The van der Waals surface area contributed by atoms with Gasteiger partial charge in [0, 0.05) is 17.5 Å². The van der Waals surface area contributed by atoms with E-state index in [1.807, 2.05) is 46.7 Å². The molecule has 0 aliphatic carbocycles. The fourth-order valence-corrected chi connectivity index (χ4v) is 4.59. The van der Waals surface area contributed by atoms with Crippen molar-refractivity contribution >= 4 is 23.2 Å². The van der Waals surface area contributed by atoms with Crippen LogP contribution in [0.3, 0.4) is 0 Å². The third-order valence-electron chi connectivity index (χ3n) is 5.14. The average molecular weight is 423 g/mol. The van der Waals surface area contributed by atoms with Crippen LogP contribution in [0.2, 0.25) is 0 Å². The Morgan fingerprint density at radius 3 is 2.77 bits per heavy atom. The van der Waals surface area contributed by atoms with E-state index in [2.05, 4.69) is 0 Å². The molecule has 1 amide bonds. The molecule has 0 radical (unpaired) electrons. The number of aromatic carboxylic acids is 1. The fourth-order valence-electron chi connectivity index (χ4n) is 3.62. The number of carbonyl (C=O) groups is 2. The summed E-state index contributed by atoms with van der Waals surface area (Å²) in [6.07, 6.45) is 2.86. The van der Waals surface area contributed by atoms with E-state index in [0.29, 0.717) is 12.3 Å². The Bertz CT molecular complexity index is 1030. The summed E-state index contributed by atoms with van der Waals surface area (Å²) in [7, 11) is 0. The molecule has 3 aromatic rings. The van der Waals surface area contributed by atoms with Crippen molar-refractivity contribution < 1.29 is 19.4 Å². The number of thiazole rings is 1. The summed E-state index contributed by atoms with van der Waals surface area (Å²) in [5.41, 5.74) is 1.73. The Morgan fingerprint density at radius 1 is 1.13 bits per heavy atom. The number of ether oxygens (including phenoxy) is 1. The summed E-state index contributed by atoms with van der Waals surface area (Å²) >= 11 is 1.51. The van der Waals surface area contributed by atoms with Crippen LogP contribution in [-0.4, -0.2) is 40.0 Å². The first-order valence-electron chi connectivity index (χ1n) is 9.88. The number of carboxylic acid groups (broad SMARTS) is 1. The molecule has 1 atom stereocenters. The van der Waals surface area contributed by atoms with Crippen molar-refractivity contribution in [2.24, 2.45) is 0 Å². The molecule has 1 aliphatic rings. The molecule has 1 saturated heterocycles. The van der Waals surface area contributed by atoms with E-state index in [-0.39, 0.29) is 24.1 Å². The topological polar surface area (TPSA) is 79.7 Å². The summed E-state index contributed by atoms with van der Waals surface area (Å²) in [5, 5.41) is 12.0. The number of rotatable bonds is 6. The van der Waals surface area contributed by atoms with E-state index in [4.69, 9.17) is 9.72 Å². The standard InChI is InChI=1S/C23H22N2O4S/c26-21(14-29-18-9-2-1-3-10-18)25-12-5-4-11-20(25)22-24-19(15-30-22)16-7-6-8-17(13-16)23(27)28/h1-3,6-10,13,15,20H,4-5,11-12,14H2,(H,27,28)/t20-/m1/s1. The highest BCUT2D eigenvalue weighted by molar-refractivity contribution is 7.10. The molecule has 30 heavy (non-hydrogen) atoms. The van der Waals surface area contributed by atoms with Crippen molar-refractivity contribution in [3.05, 3.63) is 70.5 Å². The molecule has 1 N–H and O–H groups in total. The smallest absolute Gasteiger partial charge is 0.335 e. The number of amides is 1. The minimum Gasteiger partial charge on any atom is -0.484 e. The van der Waals surface area contributed by atoms with Crippen molar-refractivity contribution in [3.8, 4) is 17.0 Å². The molecule has 7 heteroatoms. The number of nitrogens with zero attached hydrogens (tertiary/aromatic N) is 2. The summed E-state index contributed by atoms with van der Waals surface area (Å²) < 4.78 is 5.65. The minimum absolute atomic E-state index is 0.000593. The van der Waals surface area contributed by atoms with Crippen molar-refractivity contribution in [2.75, 3.05) is 13.2 Å². The van der Waals surface area contributed by atoms with E-state index in [1.165, 1.54) is 11.3 Å². The zero-order chi connectivity index (χ0) is 20.9. The first-order chi connectivity index (χ1) is 14.6. The largest absolute Gasteiger partial charge is 0.484 e. The third kappa shape index (κ3) is 4.52. The van der Waals surface area contributed by atoms with Crippen LogP contribution in [0.4, 0.5) is 0 Å². The van der Waals surface area contributed by atoms with E-state index >= 15 is 0 Å². The van der Waals surface area contributed by atoms with Crippen LogP contribution in [-0.2, 0) is 4.79 Å². The summed E-state index contributed by atoms with van der Waals surface area (Å²) in [6.45, 7) is 0.685. The number of carbonyl (C=O) groups excluding carboxylic acids is 1. The second-order valence-corrected chi connectivity index (χ2v) is 8.05. The van der Waals surface area contributed by atoms with Gasteiger partial charge >= 0.3 is 5.97 Å². The summed E-state index contributed by atoms with van der Waals surface area (Å²) in [4.78, 5) is 30.7. The number of benzene rings is 2. The van der Waals surface area contributed by atoms with Gasteiger partial charge in [-0.1, -0.05) is 30.3 Å². The molecule has 154 valence electrons. The van der Waals surface area contributed by atoms with Crippen LogP contribution in [0.25, 0.3) is 11.3 Å². The van der Waals surface area contributed by atoms with Gasteiger partial charge < -0.3 is 14.7 Å². The highest BCUT2D eigenvalue weighted by Gasteiger charge is 2.30. The van der Waals surface area contributed by atoms with Gasteiger partial charge in [-0.3, -0.25) is 4.79 Å². The molecule has 6 nitrogen and oxygen atoms in total. The number of piperidine rings is 1. The highest BCUT2D eigenvalue weighted by Crippen LogP contribution is 2.35. The normalized spacial score (nSPS) is 16.3. The van der Waals surface area contributed by atoms with E-state index in [1.54, 1.807) is 18.2 Å². The van der Waals surface area contributed by atoms with Gasteiger partial charge in [-0.05, 0) is 43.5 Å². The lowest BCUT2D eigenvalue weighted by atomic mass is 10.0. The van der Waals surface area contributed by atoms with Crippen LogP contribution in [0.5, 0.6) is 5.75 Å². The molecule has 4 rings (SSSR count). The van der Waals surface area contributed by atoms with Crippen LogP contribution in [0.1, 0.15) is 40.7 Å². The summed E-state index contributed by atoms with van der Waals surface area (Å²) in [6, 6.07) is 16.0. The SMILES string of the molecule is O=C(O)c1cccc(-c2csc([C@H]3CCCCN3C(=O)COc3ccccc3)n2)c1. The van der Waals surface area contributed by atoms with Crippen LogP contribution in [0.15, 0.2) is 60.0 Å². The first kappa shape index (κ1) is 20.1. The van der Waals surface area contributed by atoms with Gasteiger partial charge in [0.15, 0.2) is 6.61 Å². The zero-order valence-corrected chi connectivity index (χ0v) is 17.2. The molecule has 0 bridgehead atoms. The second-order valence-electron chi connectivity index (χ2n) is 7.16.